The molecule has 4 unspecified atom stereocenters. The second kappa shape index (κ2) is 12.0. The summed E-state index contributed by atoms with van der Waals surface area (Å²) in [6.07, 6.45) is 17.6. The van der Waals surface area contributed by atoms with Crippen molar-refractivity contribution in [2.75, 3.05) is 11.6 Å². The van der Waals surface area contributed by atoms with Gasteiger partial charge in [-0.05, 0) is 65.8 Å². The van der Waals surface area contributed by atoms with Crippen molar-refractivity contribution in [1.82, 2.24) is 9.88 Å². The van der Waals surface area contributed by atoms with E-state index in [1.165, 1.54) is 50.3 Å². The minimum Gasteiger partial charge on any atom is -0.486 e. The standard InChI is InChI=1S/C43H48N4O/c1-42(2,3)30-22-23-44-41(25-30)47-38-21-18-31(43(4,5)29-12-7-6-8-13-29)24-36(38)35-20-19-34(27-40(35)47)48-33-15-11-14-32(26-33)46-28-45-37-16-9-10-17-39(37)46/h6-9,11-16,18,20-24,26-27,34,37,39,41,45H,10,17,19,25,28H2,1-5H3. The van der Waals surface area contributed by atoms with Crippen molar-refractivity contribution in [2.45, 2.75) is 90.1 Å². The highest BCUT2D eigenvalue weighted by Gasteiger charge is 2.34. The molecule has 1 aromatic heterocycles. The summed E-state index contributed by atoms with van der Waals surface area (Å²) in [6, 6.07) is 27.6. The van der Waals surface area contributed by atoms with Crippen LogP contribution in [-0.4, -0.2) is 35.6 Å². The molecule has 2 aliphatic carbocycles. The molecule has 48 heavy (non-hydrogen) atoms. The third-order valence-corrected chi connectivity index (χ3v) is 11.1. The monoisotopic (exact) mass is 636 g/mol. The van der Waals surface area contributed by atoms with Gasteiger partial charge in [0.25, 0.3) is 0 Å². The van der Waals surface area contributed by atoms with Gasteiger partial charge in [-0.3, -0.25) is 10.3 Å². The number of ether oxygens (including phenoxy) is 1. The third-order valence-electron chi connectivity index (χ3n) is 11.1. The first-order chi connectivity index (χ1) is 23.2. The van der Waals surface area contributed by atoms with Crippen LogP contribution in [0.1, 0.15) is 77.6 Å². The average Bonchev–Trinajstić information content (AvgIpc) is 3.67. The van der Waals surface area contributed by atoms with E-state index in [2.05, 4.69) is 153 Å². The number of aliphatic imine (C=N–C) groups is 1. The highest BCUT2D eigenvalue weighted by molar-refractivity contribution is 5.84. The van der Waals surface area contributed by atoms with Crippen molar-refractivity contribution in [3.8, 4) is 5.75 Å². The summed E-state index contributed by atoms with van der Waals surface area (Å²) in [7, 11) is 0. The summed E-state index contributed by atoms with van der Waals surface area (Å²) in [5, 5.41) is 7.48. The minimum atomic E-state index is -0.122. The van der Waals surface area contributed by atoms with Crippen molar-refractivity contribution in [2.24, 2.45) is 10.4 Å². The van der Waals surface area contributed by atoms with Crippen LogP contribution in [0.3, 0.4) is 0 Å². The number of fused-ring (bicyclic) bond motifs is 4. The summed E-state index contributed by atoms with van der Waals surface area (Å²) < 4.78 is 9.27. The fourth-order valence-corrected chi connectivity index (χ4v) is 8.18. The van der Waals surface area contributed by atoms with Gasteiger partial charge in [0.05, 0.1) is 17.5 Å². The maximum Gasteiger partial charge on any atom is 0.129 e. The molecule has 0 bridgehead atoms. The molecule has 0 spiro atoms. The van der Waals surface area contributed by atoms with E-state index < -0.39 is 0 Å². The molecule has 4 aliphatic rings. The van der Waals surface area contributed by atoms with E-state index in [1.807, 2.05) is 6.21 Å². The number of nitrogens with zero attached hydrogens (tertiary/aromatic N) is 3. The lowest BCUT2D eigenvalue weighted by molar-refractivity contribution is 0.269. The summed E-state index contributed by atoms with van der Waals surface area (Å²) in [5.74, 6) is 0.920. The molecule has 0 amide bonds. The molecule has 8 rings (SSSR count). The summed E-state index contributed by atoms with van der Waals surface area (Å²) in [6.45, 7) is 12.4. The smallest absolute Gasteiger partial charge is 0.129 e. The van der Waals surface area contributed by atoms with Gasteiger partial charge in [0.15, 0.2) is 0 Å². The molecule has 0 saturated carbocycles. The molecule has 3 aromatic carbocycles. The Bertz CT molecular complexity index is 2060. The maximum absolute atomic E-state index is 6.79. The fraction of sp³-hybridized carbons (Fsp3) is 0.372. The normalized spacial score (nSPS) is 23.7. The Morgan fingerprint density at radius 1 is 0.917 bits per heavy atom. The van der Waals surface area contributed by atoms with Crippen molar-refractivity contribution in [3.63, 3.8) is 0 Å². The van der Waals surface area contributed by atoms with E-state index >= 15 is 0 Å². The number of hydrogen-bond donors (Lipinski definition) is 1. The quantitative estimate of drug-likeness (QED) is 0.220. The van der Waals surface area contributed by atoms with Crippen LogP contribution in [0.25, 0.3) is 23.1 Å². The summed E-state index contributed by atoms with van der Waals surface area (Å²) in [5.41, 5.74) is 6.49. The molecule has 246 valence electrons. The second-order valence-electron chi connectivity index (χ2n) is 15.5. The molecule has 0 radical (unpaired) electrons. The van der Waals surface area contributed by atoms with Crippen LogP contribution >= 0.6 is 0 Å². The van der Waals surface area contributed by atoms with Crippen LogP contribution in [0.5, 0.6) is 5.75 Å². The molecule has 3 heterocycles. The van der Waals surface area contributed by atoms with Crippen molar-refractivity contribution >= 4 is 35.0 Å². The predicted molar refractivity (Wildman–Crippen MR) is 200 cm³/mol. The average molecular weight is 637 g/mol. The molecule has 1 saturated heterocycles. The Balaban J connectivity index is 1.18. The van der Waals surface area contributed by atoms with Gasteiger partial charge < -0.3 is 14.2 Å². The Hall–Kier alpha value is -4.35. The van der Waals surface area contributed by atoms with Crippen molar-refractivity contribution < 1.29 is 4.74 Å². The molecule has 4 aromatic rings. The second-order valence-corrected chi connectivity index (χ2v) is 15.5. The first-order valence-corrected chi connectivity index (χ1v) is 17.7. The van der Waals surface area contributed by atoms with E-state index in [9.17, 15) is 0 Å². The zero-order chi connectivity index (χ0) is 33.0. The van der Waals surface area contributed by atoms with Crippen LogP contribution in [0.2, 0.25) is 0 Å². The van der Waals surface area contributed by atoms with Crippen molar-refractivity contribution in [1.29, 1.82) is 0 Å². The van der Waals surface area contributed by atoms with E-state index in [0.717, 1.165) is 31.7 Å². The van der Waals surface area contributed by atoms with Crippen LogP contribution in [0.15, 0.2) is 102 Å². The van der Waals surface area contributed by atoms with Crippen LogP contribution in [0, 0.1) is 5.41 Å². The van der Waals surface area contributed by atoms with E-state index in [0.29, 0.717) is 12.1 Å². The largest absolute Gasteiger partial charge is 0.486 e. The Labute approximate surface area is 285 Å². The Morgan fingerprint density at radius 3 is 2.60 bits per heavy atom. The zero-order valence-corrected chi connectivity index (χ0v) is 29.0. The van der Waals surface area contributed by atoms with Gasteiger partial charge in [-0.25, -0.2) is 0 Å². The van der Waals surface area contributed by atoms with Gasteiger partial charge in [-0.1, -0.05) is 101 Å². The number of anilines is 1. The van der Waals surface area contributed by atoms with Crippen molar-refractivity contribution in [3.05, 3.63) is 118 Å². The van der Waals surface area contributed by atoms with Gasteiger partial charge in [-0.2, -0.15) is 0 Å². The third kappa shape index (κ3) is 5.52. The Kier molecular flexibility index (Phi) is 7.71. The van der Waals surface area contributed by atoms with Gasteiger partial charge in [0.1, 0.15) is 18.0 Å². The number of aromatic nitrogens is 1. The van der Waals surface area contributed by atoms with E-state index in [-0.39, 0.29) is 23.1 Å². The molecule has 4 atom stereocenters. The number of benzene rings is 3. The predicted octanol–water partition coefficient (Wildman–Crippen LogP) is 7.78. The van der Waals surface area contributed by atoms with Gasteiger partial charge in [0.2, 0.25) is 0 Å². The number of dihydropyridines is 1. The van der Waals surface area contributed by atoms with Crippen LogP contribution in [0.4, 0.5) is 5.69 Å². The van der Waals surface area contributed by atoms with Crippen LogP contribution < -0.4 is 25.5 Å². The maximum atomic E-state index is 6.79. The zero-order valence-electron chi connectivity index (χ0n) is 29.0. The lowest BCUT2D eigenvalue weighted by Gasteiger charge is -2.30. The highest BCUT2D eigenvalue weighted by atomic mass is 16.5. The molecule has 5 heteroatoms. The highest BCUT2D eigenvalue weighted by Crippen LogP contribution is 2.37. The van der Waals surface area contributed by atoms with Gasteiger partial charge in [-0.15, -0.1) is 0 Å². The minimum absolute atomic E-state index is 0.00431. The number of rotatable bonds is 6. The molecular weight excluding hydrogens is 589 g/mol. The van der Waals surface area contributed by atoms with Crippen LogP contribution in [-0.2, 0) is 5.41 Å². The van der Waals surface area contributed by atoms with E-state index in [1.54, 1.807) is 0 Å². The molecular formula is C43H48N4O. The van der Waals surface area contributed by atoms with E-state index in [4.69, 9.17) is 9.73 Å². The number of hydrogen-bond acceptors (Lipinski definition) is 4. The Morgan fingerprint density at radius 2 is 1.77 bits per heavy atom. The lowest BCUT2D eigenvalue weighted by atomic mass is 9.78. The van der Waals surface area contributed by atoms with Gasteiger partial charge in [0, 0.05) is 58.9 Å². The SMILES string of the molecule is CC(C)(C)C1=CC=NC(n2c3c(c4cc(C(C)(C)c5ccccc5)ccc42)=CCC(Oc2cccc(N4CNC5C=CCCC54)c2)C=3)C1. The molecule has 1 fully saturated rings. The molecule has 1 N–H and O–H groups in total. The summed E-state index contributed by atoms with van der Waals surface area (Å²) >= 11 is 0. The van der Waals surface area contributed by atoms with Gasteiger partial charge >= 0.3 is 0 Å². The fourth-order valence-electron chi connectivity index (χ4n) is 8.18. The first kappa shape index (κ1) is 31.0. The topological polar surface area (TPSA) is 41.8 Å². The number of nitrogens with one attached hydrogen (secondary N) is 1. The lowest BCUT2D eigenvalue weighted by Crippen LogP contribution is -2.38. The number of allylic oxidation sites excluding steroid dienone is 2. The molecule has 5 nitrogen and oxygen atoms in total. The first-order valence-electron chi connectivity index (χ1n) is 17.7. The molecule has 2 aliphatic heterocycles. The summed E-state index contributed by atoms with van der Waals surface area (Å²) in [4.78, 5) is 7.58.